The molecule has 0 aromatic heterocycles. The van der Waals surface area contributed by atoms with Gasteiger partial charge in [-0.05, 0) is 36.1 Å². The van der Waals surface area contributed by atoms with Gasteiger partial charge in [0.2, 0.25) is 11.8 Å². The highest BCUT2D eigenvalue weighted by Crippen LogP contribution is 2.34. The Kier molecular flexibility index (Phi) is 7.39. The van der Waals surface area contributed by atoms with E-state index < -0.39 is 17.7 Å². The minimum atomic E-state index is -0.951. The molecule has 0 saturated heterocycles. The molecular weight excluding hydrogens is 450 g/mol. The lowest BCUT2D eigenvalue weighted by Gasteiger charge is -2.22. The molecule has 2 aromatic carbocycles. The highest BCUT2D eigenvalue weighted by Gasteiger charge is 2.33. The molecular formula is C25H27N5O5. The summed E-state index contributed by atoms with van der Waals surface area (Å²) in [6.07, 6.45) is 1.92. The number of benzene rings is 2. The maximum Gasteiger partial charge on any atom is 0.327 e. The first-order chi connectivity index (χ1) is 16.9. The van der Waals surface area contributed by atoms with Crippen molar-refractivity contribution in [2.24, 2.45) is 5.10 Å². The van der Waals surface area contributed by atoms with Gasteiger partial charge in [0.15, 0.2) is 0 Å². The molecule has 4 amide bonds. The normalized spacial score (nSPS) is 16.8. The van der Waals surface area contributed by atoms with E-state index in [4.69, 9.17) is 4.74 Å². The summed E-state index contributed by atoms with van der Waals surface area (Å²) in [4.78, 5) is 48.6. The highest BCUT2D eigenvalue weighted by atomic mass is 16.5. The van der Waals surface area contributed by atoms with Crippen LogP contribution in [0.15, 0.2) is 59.7 Å². The summed E-state index contributed by atoms with van der Waals surface area (Å²) in [6.45, 7) is 0. The zero-order chi connectivity index (χ0) is 24.8. The van der Waals surface area contributed by atoms with Crippen LogP contribution in [0.25, 0.3) is 0 Å². The van der Waals surface area contributed by atoms with Crippen molar-refractivity contribution in [2.45, 2.75) is 44.2 Å². The van der Waals surface area contributed by atoms with Gasteiger partial charge in [0.25, 0.3) is 0 Å². The van der Waals surface area contributed by atoms with Crippen LogP contribution >= 0.6 is 0 Å². The first-order valence-corrected chi connectivity index (χ1v) is 11.4. The van der Waals surface area contributed by atoms with E-state index in [9.17, 15) is 19.2 Å². The maximum atomic E-state index is 13.1. The molecule has 10 nitrogen and oxygen atoms in total. The van der Waals surface area contributed by atoms with Crippen molar-refractivity contribution in [3.8, 4) is 5.75 Å². The van der Waals surface area contributed by atoms with Gasteiger partial charge in [-0.15, -0.1) is 0 Å². The Morgan fingerprint density at radius 3 is 2.31 bits per heavy atom. The van der Waals surface area contributed by atoms with Gasteiger partial charge in [0.05, 0.1) is 18.9 Å². The molecule has 0 radical (unpaired) electrons. The van der Waals surface area contributed by atoms with E-state index in [1.165, 1.54) is 5.01 Å². The van der Waals surface area contributed by atoms with Crippen molar-refractivity contribution in [1.29, 1.82) is 0 Å². The van der Waals surface area contributed by atoms with E-state index in [1.54, 1.807) is 7.11 Å². The van der Waals surface area contributed by atoms with Crippen LogP contribution in [0.2, 0.25) is 0 Å². The van der Waals surface area contributed by atoms with E-state index in [-0.39, 0.29) is 30.8 Å². The van der Waals surface area contributed by atoms with Crippen LogP contribution in [-0.4, -0.2) is 47.5 Å². The summed E-state index contributed by atoms with van der Waals surface area (Å²) >= 11 is 0. The van der Waals surface area contributed by atoms with Crippen molar-refractivity contribution in [1.82, 2.24) is 21.2 Å². The Morgan fingerprint density at radius 1 is 0.943 bits per heavy atom. The third-order valence-electron chi connectivity index (χ3n) is 5.77. The monoisotopic (exact) mass is 477 g/mol. The molecule has 182 valence electrons. The number of hydrazine groups is 1. The van der Waals surface area contributed by atoms with Crippen LogP contribution in [0.5, 0.6) is 5.75 Å². The molecule has 4 rings (SSSR count). The Bertz CT molecular complexity index is 1130. The van der Waals surface area contributed by atoms with Crippen LogP contribution in [0.4, 0.5) is 0 Å². The van der Waals surface area contributed by atoms with Crippen LogP contribution < -0.4 is 20.9 Å². The maximum absolute atomic E-state index is 13.1. The second-order valence-electron chi connectivity index (χ2n) is 8.39. The van der Waals surface area contributed by atoms with Crippen LogP contribution in [0, 0.1) is 0 Å². The molecule has 35 heavy (non-hydrogen) atoms. The second-order valence-corrected chi connectivity index (χ2v) is 8.39. The van der Waals surface area contributed by atoms with E-state index in [0.717, 1.165) is 29.7 Å². The lowest BCUT2D eigenvalue weighted by molar-refractivity contribution is -0.141. The van der Waals surface area contributed by atoms with Crippen molar-refractivity contribution in [3.63, 3.8) is 0 Å². The number of methoxy groups -OCH3 is 1. The van der Waals surface area contributed by atoms with Crippen LogP contribution in [0.3, 0.4) is 0 Å². The molecule has 2 aromatic rings. The largest absolute Gasteiger partial charge is 0.497 e. The fourth-order valence-electron chi connectivity index (χ4n) is 3.69. The number of hydrazone groups is 1. The molecule has 1 fully saturated rings. The first-order valence-electron chi connectivity index (χ1n) is 11.4. The third-order valence-corrected chi connectivity index (χ3v) is 5.77. The minimum absolute atomic E-state index is 0.0296. The van der Waals surface area contributed by atoms with Gasteiger partial charge >= 0.3 is 11.8 Å². The number of amides is 4. The van der Waals surface area contributed by atoms with Crippen LogP contribution in [-0.2, 0) is 19.2 Å². The Hall–Kier alpha value is -4.21. The standard InChI is InChI=1S/C25H27N5O5/c1-35-19-11-7-17(8-12-19)21-15-20(16-5-3-2-4-6-16)29-30(21)23(32)14-13-22(31)27-28-25(34)24(33)26-18-9-10-18/h2-8,11-12,18,21H,9-10,13-15H2,1H3,(H,26,33)(H,27,31)(H,28,34). The Morgan fingerprint density at radius 2 is 1.66 bits per heavy atom. The number of hydrogen-bond acceptors (Lipinski definition) is 6. The Balaban J connectivity index is 1.37. The van der Waals surface area contributed by atoms with E-state index in [2.05, 4.69) is 21.3 Å². The van der Waals surface area contributed by atoms with Gasteiger partial charge in [-0.25, -0.2) is 5.01 Å². The number of carbonyl (C=O) groups excluding carboxylic acids is 4. The number of carbonyl (C=O) groups is 4. The fraction of sp³-hybridized carbons (Fsp3) is 0.320. The smallest absolute Gasteiger partial charge is 0.327 e. The van der Waals surface area contributed by atoms with E-state index in [0.29, 0.717) is 12.2 Å². The van der Waals surface area contributed by atoms with E-state index >= 15 is 0 Å². The van der Waals surface area contributed by atoms with Gasteiger partial charge in [0.1, 0.15) is 5.75 Å². The first kappa shape index (κ1) is 23.9. The number of rotatable bonds is 7. The molecule has 1 atom stereocenters. The number of nitrogens with one attached hydrogen (secondary N) is 3. The summed E-state index contributed by atoms with van der Waals surface area (Å²) in [5, 5.41) is 8.52. The topological polar surface area (TPSA) is 129 Å². The second kappa shape index (κ2) is 10.8. The minimum Gasteiger partial charge on any atom is -0.497 e. The molecule has 2 aliphatic rings. The summed E-state index contributed by atoms with van der Waals surface area (Å²) in [5.74, 6) is -1.96. The zero-order valence-corrected chi connectivity index (χ0v) is 19.3. The van der Waals surface area contributed by atoms with Crippen molar-refractivity contribution in [3.05, 3.63) is 65.7 Å². The average Bonchev–Trinajstić information content (AvgIpc) is 3.59. The molecule has 1 saturated carbocycles. The summed E-state index contributed by atoms with van der Waals surface area (Å²) in [6, 6.07) is 16.8. The summed E-state index contributed by atoms with van der Waals surface area (Å²) in [7, 11) is 1.59. The predicted octanol–water partition coefficient (Wildman–Crippen LogP) is 1.58. The molecule has 0 bridgehead atoms. The van der Waals surface area contributed by atoms with Crippen molar-refractivity contribution < 1.29 is 23.9 Å². The number of ether oxygens (including phenoxy) is 1. The summed E-state index contributed by atoms with van der Waals surface area (Å²) in [5.41, 5.74) is 6.84. The SMILES string of the molecule is COc1ccc(C2CC(c3ccccc3)=NN2C(=O)CCC(=O)NNC(=O)C(=O)NC2CC2)cc1. The number of hydrogen-bond donors (Lipinski definition) is 3. The molecule has 10 heteroatoms. The van der Waals surface area contributed by atoms with E-state index in [1.807, 2.05) is 54.6 Å². The molecule has 0 spiro atoms. The zero-order valence-electron chi connectivity index (χ0n) is 19.3. The van der Waals surface area contributed by atoms with Crippen molar-refractivity contribution >= 4 is 29.3 Å². The number of nitrogens with zero attached hydrogens (tertiary/aromatic N) is 2. The van der Waals surface area contributed by atoms with Gasteiger partial charge in [-0.1, -0.05) is 42.5 Å². The van der Waals surface area contributed by atoms with Gasteiger partial charge in [0, 0.05) is 25.3 Å². The molecule has 1 aliphatic heterocycles. The van der Waals surface area contributed by atoms with Crippen molar-refractivity contribution in [2.75, 3.05) is 7.11 Å². The Labute approximate surface area is 202 Å². The third kappa shape index (κ3) is 6.23. The quantitative estimate of drug-likeness (QED) is 0.412. The van der Waals surface area contributed by atoms with Gasteiger partial charge in [-0.3, -0.25) is 30.0 Å². The lowest BCUT2D eigenvalue weighted by Crippen LogP contribution is -2.49. The highest BCUT2D eigenvalue weighted by molar-refractivity contribution is 6.35. The molecule has 1 aliphatic carbocycles. The lowest BCUT2D eigenvalue weighted by atomic mass is 9.98. The fourth-order valence-corrected chi connectivity index (χ4v) is 3.69. The summed E-state index contributed by atoms with van der Waals surface area (Å²) < 4.78 is 5.23. The van der Waals surface area contributed by atoms with Gasteiger partial charge < -0.3 is 10.1 Å². The van der Waals surface area contributed by atoms with Gasteiger partial charge in [-0.2, -0.15) is 5.10 Å². The molecule has 3 N–H and O–H groups in total. The molecule has 1 unspecified atom stereocenters. The molecule has 1 heterocycles. The average molecular weight is 478 g/mol. The van der Waals surface area contributed by atoms with Crippen LogP contribution in [0.1, 0.15) is 49.3 Å². The predicted molar refractivity (Wildman–Crippen MR) is 127 cm³/mol.